The van der Waals surface area contributed by atoms with Crippen LogP contribution in [0.25, 0.3) is 11.1 Å². The van der Waals surface area contributed by atoms with Crippen LogP contribution in [0.3, 0.4) is 0 Å². The number of fused-ring (bicyclic) bond motifs is 2. The van der Waals surface area contributed by atoms with Crippen molar-refractivity contribution in [1.29, 1.82) is 0 Å². The molecule has 1 saturated heterocycles. The minimum absolute atomic E-state index is 0.0581. The predicted molar refractivity (Wildman–Crippen MR) is 111 cm³/mol. The fourth-order valence-corrected chi connectivity index (χ4v) is 4.17. The first-order valence-electron chi connectivity index (χ1n) is 10.2. The van der Waals surface area contributed by atoms with Gasteiger partial charge in [0.15, 0.2) is 11.5 Å². The van der Waals surface area contributed by atoms with Crippen molar-refractivity contribution in [2.45, 2.75) is 33.2 Å². The van der Waals surface area contributed by atoms with Crippen LogP contribution in [0.2, 0.25) is 0 Å². The second kappa shape index (κ2) is 7.51. The normalized spacial score (nSPS) is 18.1. The Morgan fingerprint density at radius 1 is 1.23 bits per heavy atom. The minimum Gasteiger partial charge on any atom is -0.454 e. The number of nitrogens with zero attached hydrogens (tertiary/aromatic N) is 3. The predicted octanol–water partition coefficient (Wildman–Crippen LogP) is 3.10. The van der Waals surface area contributed by atoms with Crippen molar-refractivity contribution < 1.29 is 18.7 Å². The third-order valence-electron chi connectivity index (χ3n) is 5.94. The third kappa shape index (κ3) is 3.32. The van der Waals surface area contributed by atoms with E-state index < -0.39 is 0 Å². The number of hydrogen-bond acceptors (Lipinski definition) is 7. The molecule has 0 aliphatic carbocycles. The topological polar surface area (TPSA) is 89.7 Å². The number of anilines is 1. The van der Waals surface area contributed by atoms with E-state index in [4.69, 9.17) is 13.9 Å². The monoisotopic (exact) mass is 408 g/mol. The number of benzene rings is 1. The van der Waals surface area contributed by atoms with Gasteiger partial charge >= 0.3 is 0 Å². The summed E-state index contributed by atoms with van der Waals surface area (Å²) in [5.41, 5.74) is 2.64. The van der Waals surface area contributed by atoms with Crippen molar-refractivity contribution in [2.24, 2.45) is 5.92 Å². The van der Waals surface area contributed by atoms with E-state index in [2.05, 4.69) is 20.2 Å². The number of amides is 1. The molecule has 8 heteroatoms. The summed E-state index contributed by atoms with van der Waals surface area (Å²) >= 11 is 0. The van der Waals surface area contributed by atoms with Crippen LogP contribution in [0.5, 0.6) is 11.5 Å². The van der Waals surface area contributed by atoms with Gasteiger partial charge in [0, 0.05) is 25.2 Å². The van der Waals surface area contributed by atoms with Crippen LogP contribution in [-0.2, 0) is 11.3 Å². The van der Waals surface area contributed by atoms with Gasteiger partial charge in [-0.25, -0.2) is 9.97 Å². The zero-order valence-electron chi connectivity index (χ0n) is 17.1. The molecule has 0 radical (unpaired) electrons. The number of hydrogen-bond donors (Lipinski definition) is 1. The fraction of sp³-hybridized carbons (Fsp3) is 0.409. The molecule has 2 aliphatic heterocycles. The van der Waals surface area contributed by atoms with Crippen molar-refractivity contribution in [3.63, 3.8) is 0 Å². The van der Waals surface area contributed by atoms with Gasteiger partial charge in [-0.1, -0.05) is 6.07 Å². The molecule has 0 spiro atoms. The molecule has 0 bridgehead atoms. The van der Waals surface area contributed by atoms with E-state index in [1.54, 1.807) is 0 Å². The average molecular weight is 408 g/mol. The molecule has 4 heterocycles. The summed E-state index contributed by atoms with van der Waals surface area (Å²) in [6, 6.07) is 5.74. The van der Waals surface area contributed by atoms with Crippen molar-refractivity contribution in [1.82, 2.24) is 15.3 Å². The number of aromatic nitrogens is 2. The van der Waals surface area contributed by atoms with E-state index in [-0.39, 0.29) is 18.6 Å². The first-order chi connectivity index (χ1) is 14.6. The first kappa shape index (κ1) is 18.7. The van der Waals surface area contributed by atoms with E-state index in [1.807, 2.05) is 32.0 Å². The van der Waals surface area contributed by atoms with Crippen molar-refractivity contribution in [2.75, 3.05) is 24.8 Å². The zero-order valence-corrected chi connectivity index (χ0v) is 17.1. The number of carbonyl (C=O) groups excluding carboxylic acids is 1. The summed E-state index contributed by atoms with van der Waals surface area (Å²) in [5.74, 6) is 3.14. The van der Waals surface area contributed by atoms with Gasteiger partial charge in [-0.3, -0.25) is 4.79 Å². The Labute approximate surface area is 174 Å². The summed E-state index contributed by atoms with van der Waals surface area (Å²) in [4.78, 5) is 23.8. The van der Waals surface area contributed by atoms with Crippen molar-refractivity contribution >= 4 is 22.8 Å². The highest BCUT2D eigenvalue weighted by atomic mass is 16.7. The summed E-state index contributed by atoms with van der Waals surface area (Å²) in [7, 11) is 0. The van der Waals surface area contributed by atoms with Crippen LogP contribution in [0.1, 0.15) is 29.7 Å². The molecule has 2 aliphatic rings. The van der Waals surface area contributed by atoms with Gasteiger partial charge in [0.2, 0.25) is 18.4 Å². The van der Waals surface area contributed by atoms with E-state index in [1.165, 1.54) is 6.33 Å². The highest BCUT2D eigenvalue weighted by molar-refractivity contribution is 5.90. The lowest BCUT2D eigenvalue weighted by atomic mass is 9.96. The van der Waals surface area contributed by atoms with Gasteiger partial charge in [0.1, 0.15) is 17.9 Å². The minimum atomic E-state index is -0.0916. The van der Waals surface area contributed by atoms with Gasteiger partial charge in [-0.05, 0) is 44.4 Å². The van der Waals surface area contributed by atoms with Crippen LogP contribution < -0.4 is 19.7 Å². The van der Waals surface area contributed by atoms with Crippen LogP contribution in [0.4, 0.5) is 5.82 Å². The Balaban J connectivity index is 1.28. The summed E-state index contributed by atoms with van der Waals surface area (Å²) < 4.78 is 16.5. The van der Waals surface area contributed by atoms with E-state index in [0.717, 1.165) is 59.0 Å². The molecule has 1 atom stereocenters. The summed E-state index contributed by atoms with van der Waals surface area (Å²) in [5, 5.41) is 4.01. The van der Waals surface area contributed by atoms with E-state index in [0.29, 0.717) is 18.8 Å². The maximum atomic E-state index is 12.9. The highest BCUT2D eigenvalue weighted by Crippen LogP contribution is 2.34. The molecule has 0 saturated carbocycles. The molecule has 1 aromatic carbocycles. The molecule has 2 aromatic heterocycles. The highest BCUT2D eigenvalue weighted by Gasteiger charge is 2.28. The fourth-order valence-electron chi connectivity index (χ4n) is 4.17. The van der Waals surface area contributed by atoms with Gasteiger partial charge < -0.3 is 24.1 Å². The Hall–Kier alpha value is -3.29. The van der Waals surface area contributed by atoms with E-state index >= 15 is 0 Å². The van der Waals surface area contributed by atoms with Crippen LogP contribution >= 0.6 is 0 Å². The lowest BCUT2D eigenvalue weighted by Gasteiger charge is -2.33. The maximum Gasteiger partial charge on any atom is 0.231 e. The Morgan fingerprint density at radius 3 is 3.00 bits per heavy atom. The summed E-state index contributed by atoms with van der Waals surface area (Å²) in [6.07, 6.45) is 3.33. The first-order valence-corrected chi connectivity index (χ1v) is 10.2. The van der Waals surface area contributed by atoms with Crippen LogP contribution in [0.15, 0.2) is 28.9 Å². The van der Waals surface area contributed by atoms with Gasteiger partial charge in [0.25, 0.3) is 0 Å². The molecular formula is C22H24N4O4. The molecular weight excluding hydrogens is 384 g/mol. The van der Waals surface area contributed by atoms with Gasteiger partial charge in [-0.2, -0.15) is 0 Å². The second-order valence-electron chi connectivity index (χ2n) is 7.85. The quantitative estimate of drug-likeness (QED) is 0.709. The Morgan fingerprint density at radius 2 is 2.10 bits per heavy atom. The lowest BCUT2D eigenvalue weighted by molar-refractivity contribution is -0.125. The molecule has 1 fully saturated rings. The van der Waals surface area contributed by atoms with Crippen molar-refractivity contribution in [3.8, 4) is 11.5 Å². The standard InChI is InChI=1S/C22H24N4O4/c1-13-14(2)30-22-19(13)20(24-11-25-22)26-7-3-4-16(10-26)21(27)23-9-15-5-6-17-18(8-15)29-12-28-17/h5-6,8,11,16H,3-4,7,9-10,12H2,1-2H3,(H,23,27)/t16-/m0/s1. The number of piperidine rings is 1. The number of rotatable bonds is 4. The number of ether oxygens (including phenoxy) is 2. The van der Waals surface area contributed by atoms with Gasteiger partial charge in [0.05, 0.1) is 11.3 Å². The van der Waals surface area contributed by atoms with Crippen LogP contribution in [0, 0.1) is 19.8 Å². The molecule has 0 unspecified atom stereocenters. The number of aryl methyl sites for hydroxylation is 2. The molecule has 5 rings (SSSR count). The second-order valence-corrected chi connectivity index (χ2v) is 7.85. The number of furan rings is 1. The zero-order chi connectivity index (χ0) is 20.7. The third-order valence-corrected chi connectivity index (χ3v) is 5.94. The Bertz CT molecular complexity index is 1110. The number of carbonyl (C=O) groups is 1. The smallest absolute Gasteiger partial charge is 0.231 e. The van der Waals surface area contributed by atoms with Crippen LogP contribution in [-0.4, -0.2) is 35.8 Å². The average Bonchev–Trinajstić information content (AvgIpc) is 3.35. The largest absolute Gasteiger partial charge is 0.454 e. The van der Waals surface area contributed by atoms with E-state index in [9.17, 15) is 4.79 Å². The number of nitrogens with one attached hydrogen (secondary N) is 1. The lowest BCUT2D eigenvalue weighted by Crippen LogP contribution is -2.43. The van der Waals surface area contributed by atoms with Gasteiger partial charge in [-0.15, -0.1) is 0 Å². The molecule has 1 N–H and O–H groups in total. The Kier molecular flexibility index (Phi) is 4.69. The summed E-state index contributed by atoms with van der Waals surface area (Å²) in [6.45, 7) is 6.15. The SMILES string of the molecule is Cc1oc2ncnc(N3CCC[C@H](C(=O)NCc4ccc5c(c4)OCO5)C3)c2c1C. The molecule has 156 valence electrons. The molecule has 3 aromatic rings. The maximum absolute atomic E-state index is 12.9. The molecule has 1 amide bonds. The molecule has 8 nitrogen and oxygen atoms in total. The molecule has 30 heavy (non-hydrogen) atoms. The van der Waals surface area contributed by atoms with Crippen molar-refractivity contribution in [3.05, 3.63) is 41.4 Å².